The number of fused-ring (bicyclic) bond motifs is 1. The standard InChI is InChI=1S/C12H13N3O2S/c16-18(17)10-14-9-13-6-12(14)8-15(18)7-11-4-2-1-3-5-11/h1-6,9H,7-8,10H2. The van der Waals surface area contributed by atoms with Gasteiger partial charge in [-0.15, -0.1) is 0 Å². The van der Waals surface area contributed by atoms with E-state index in [4.69, 9.17) is 0 Å². The van der Waals surface area contributed by atoms with Gasteiger partial charge < -0.3 is 4.57 Å². The molecule has 5 nitrogen and oxygen atoms in total. The highest BCUT2D eigenvalue weighted by atomic mass is 32.2. The van der Waals surface area contributed by atoms with E-state index in [1.54, 1.807) is 17.1 Å². The Hall–Kier alpha value is -1.66. The molecule has 3 rings (SSSR count). The SMILES string of the molecule is O=S1(=O)Cn2cncc2CN1Cc1ccccc1. The Labute approximate surface area is 106 Å². The fraction of sp³-hybridized carbons (Fsp3) is 0.250. The van der Waals surface area contributed by atoms with Crippen molar-refractivity contribution in [2.24, 2.45) is 0 Å². The van der Waals surface area contributed by atoms with Crippen molar-refractivity contribution < 1.29 is 8.42 Å². The minimum atomic E-state index is -3.25. The first-order valence-electron chi connectivity index (χ1n) is 5.66. The molecule has 6 heteroatoms. The molecule has 0 amide bonds. The van der Waals surface area contributed by atoms with E-state index < -0.39 is 10.0 Å². The molecule has 0 saturated heterocycles. The Balaban J connectivity index is 1.89. The molecule has 2 aromatic rings. The number of hydrogen-bond donors (Lipinski definition) is 0. The zero-order valence-corrected chi connectivity index (χ0v) is 10.5. The van der Waals surface area contributed by atoms with Gasteiger partial charge in [0.05, 0.1) is 18.6 Å². The molecule has 0 radical (unpaired) electrons. The Bertz CT molecular complexity index is 649. The van der Waals surface area contributed by atoms with Crippen molar-refractivity contribution in [1.82, 2.24) is 13.9 Å². The molecule has 0 saturated carbocycles. The van der Waals surface area contributed by atoms with Crippen LogP contribution in [0, 0.1) is 0 Å². The first-order chi connectivity index (χ1) is 8.65. The van der Waals surface area contributed by atoms with Crippen molar-refractivity contribution in [1.29, 1.82) is 0 Å². The molecule has 0 N–H and O–H groups in total. The first kappa shape index (κ1) is 11.4. The summed E-state index contributed by atoms with van der Waals surface area (Å²) in [6, 6.07) is 9.61. The fourth-order valence-corrected chi connectivity index (χ4v) is 3.50. The van der Waals surface area contributed by atoms with Gasteiger partial charge in [-0.25, -0.2) is 13.4 Å². The molecule has 94 valence electrons. The maximum atomic E-state index is 12.1. The predicted molar refractivity (Wildman–Crippen MR) is 66.8 cm³/mol. The number of sulfonamides is 1. The van der Waals surface area contributed by atoms with Crippen molar-refractivity contribution in [3.63, 3.8) is 0 Å². The van der Waals surface area contributed by atoms with E-state index >= 15 is 0 Å². The van der Waals surface area contributed by atoms with Crippen molar-refractivity contribution >= 4 is 10.0 Å². The van der Waals surface area contributed by atoms with E-state index in [2.05, 4.69) is 4.98 Å². The first-order valence-corrected chi connectivity index (χ1v) is 7.27. The minimum Gasteiger partial charge on any atom is -0.317 e. The van der Waals surface area contributed by atoms with Crippen molar-refractivity contribution in [3.05, 3.63) is 54.1 Å². The van der Waals surface area contributed by atoms with Gasteiger partial charge in [0, 0.05) is 12.7 Å². The maximum Gasteiger partial charge on any atom is 0.233 e. The van der Waals surface area contributed by atoms with Crippen LogP contribution in [0.25, 0.3) is 0 Å². The van der Waals surface area contributed by atoms with Crippen molar-refractivity contribution in [2.75, 3.05) is 0 Å². The molecule has 0 bridgehead atoms. The monoisotopic (exact) mass is 263 g/mol. The molecule has 2 heterocycles. The largest absolute Gasteiger partial charge is 0.317 e. The lowest BCUT2D eigenvalue weighted by Gasteiger charge is -2.27. The van der Waals surface area contributed by atoms with Gasteiger partial charge in [-0.05, 0) is 5.56 Å². The van der Waals surface area contributed by atoms with Crippen LogP contribution in [0.5, 0.6) is 0 Å². The van der Waals surface area contributed by atoms with Gasteiger partial charge >= 0.3 is 0 Å². The highest BCUT2D eigenvalue weighted by Crippen LogP contribution is 2.20. The minimum absolute atomic E-state index is 0.0187. The van der Waals surface area contributed by atoms with Crippen LogP contribution >= 0.6 is 0 Å². The number of imidazole rings is 1. The quantitative estimate of drug-likeness (QED) is 0.817. The normalized spacial score (nSPS) is 18.4. The molecule has 1 aromatic carbocycles. The average Bonchev–Trinajstić information content (AvgIpc) is 2.77. The number of benzene rings is 1. The molecule has 1 aromatic heterocycles. The second-order valence-corrected chi connectivity index (χ2v) is 6.29. The summed E-state index contributed by atoms with van der Waals surface area (Å²) in [6.07, 6.45) is 3.28. The van der Waals surface area contributed by atoms with Crippen LogP contribution < -0.4 is 0 Å². The lowest BCUT2D eigenvalue weighted by Crippen LogP contribution is -2.37. The highest BCUT2D eigenvalue weighted by Gasteiger charge is 2.29. The summed E-state index contributed by atoms with van der Waals surface area (Å²) in [6.45, 7) is 0.797. The van der Waals surface area contributed by atoms with Crippen LogP contribution in [0.2, 0.25) is 0 Å². The van der Waals surface area contributed by atoms with Crippen LogP contribution in [-0.4, -0.2) is 22.3 Å². The van der Waals surface area contributed by atoms with Crippen LogP contribution in [0.1, 0.15) is 11.3 Å². The van der Waals surface area contributed by atoms with Crippen LogP contribution in [0.15, 0.2) is 42.9 Å². The summed E-state index contributed by atoms with van der Waals surface area (Å²) < 4.78 is 27.4. The highest BCUT2D eigenvalue weighted by molar-refractivity contribution is 7.88. The predicted octanol–water partition coefficient (Wildman–Crippen LogP) is 1.19. The summed E-state index contributed by atoms with van der Waals surface area (Å²) in [7, 11) is -3.25. The van der Waals surface area contributed by atoms with Gasteiger partial charge in [0.15, 0.2) is 0 Å². The van der Waals surface area contributed by atoms with Gasteiger partial charge in [0.1, 0.15) is 5.88 Å². The molecule has 0 atom stereocenters. The van der Waals surface area contributed by atoms with E-state index in [-0.39, 0.29) is 5.88 Å². The smallest absolute Gasteiger partial charge is 0.233 e. The average molecular weight is 263 g/mol. The van der Waals surface area contributed by atoms with Crippen molar-refractivity contribution in [3.8, 4) is 0 Å². The van der Waals surface area contributed by atoms with E-state index in [1.165, 1.54) is 4.31 Å². The Kier molecular flexibility index (Phi) is 2.68. The van der Waals surface area contributed by atoms with Crippen LogP contribution in [0.4, 0.5) is 0 Å². The van der Waals surface area contributed by atoms with Gasteiger partial charge in [-0.1, -0.05) is 30.3 Å². The number of rotatable bonds is 2. The Morgan fingerprint density at radius 1 is 1.22 bits per heavy atom. The van der Waals surface area contributed by atoms with Gasteiger partial charge in [-0.3, -0.25) is 0 Å². The molecule has 0 unspecified atom stereocenters. The van der Waals surface area contributed by atoms with Crippen LogP contribution in [-0.2, 0) is 29.0 Å². The molecule has 18 heavy (non-hydrogen) atoms. The van der Waals surface area contributed by atoms with E-state index in [1.807, 2.05) is 30.3 Å². The maximum absolute atomic E-state index is 12.1. The molecule has 1 aliphatic rings. The molecular formula is C12H13N3O2S. The second-order valence-electron chi connectivity index (χ2n) is 4.35. The molecular weight excluding hydrogens is 250 g/mol. The van der Waals surface area contributed by atoms with Crippen LogP contribution in [0.3, 0.4) is 0 Å². The zero-order chi connectivity index (χ0) is 12.6. The van der Waals surface area contributed by atoms with Gasteiger partial charge in [-0.2, -0.15) is 4.31 Å². The molecule has 1 aliphatic heterocycles. The number of nitrogens with zero attached hydrogens (tertiary/aromatic N) is 3. The topological polar surface area (TPSA) is 55.2 Å². The third-order valence-electron chi connectivity index (χ3n) is 3.03. The Morgan fingerprint density at radius 2 is 2.00 bits per heavy atom. The third-order valence-corrected chi connectivity index (χ3v) is 4.68. The van der Waals surface area contributed by atoms with Gasteiger partial charge in [0.2, 0.25) is 10.0 Å². The summed E-state index contributed by atoms with van der Waals surface area (Å²) in [5, 5.41) is 0. The van der Waals surface area contributed by atoms with E-state index in [0.717, 1.165) is 11.3 Å². The molecule has 0 fully saturated rings. The van der Waals surface area contributed by atoms with E-state index in [0.29, 0.717) is 13.1 Å². The molecule has 0 spiro atoms. The summed E-state index contributed by atoms with van der Waals surface area (Å²) in [4.78, 5) is 3.98. The zero-order valence-electron chi connectivity index (χ0n) is 9.73. The number of aromatic nitrogens is 2. The fourth-order valence-electron chi connectivity index (χ4n) is 2.07. The van der Waals surface area contributed by atoms with E-state index in [9.17, 15) is 8.42 Å². The summed E-state index contributed by atoms with van der Waals surface area (Å²) in [5.74, 6) is -0.0187. The lowest BCUT2D eigenvalue weighted by molar-refractivity contribution is 0.368. The van der Waals surface area contributed by atoms with Crippen molar-refractivity contribution in [2.45, 2.75) is 19.0 Å². The van der Waals surface area contributed by atoms with Gasteiger partial charge in [0.25, 0.3) is 0 Å². The third kappa shape index (κ3) is 2.04. The summed E-state index contributed by atoms with van der Waals surface area (Å²) >= 11 is 0. The lowest BCUT2D eigenvalue weighted by atomic mass is 10.2. The second kappa shape index (κ2) is 4.22. The molecule has 0 aliphatic carbocycles. The number of hydrogen-bond acceptors (Lipinski definition) is 3. The Morgan fingerprint density at radius 3 is 2.78 bits per heavy atom. The summed E-state index contributed by atoms with van der Waals surface area (Å²) in [5.41, 5.74) is 1.93.